The van der Waals surface area contributed by atoms with Crippen molar-refractivity contribution in [2.45, 2.75) is 57.8 Å². The van der Waals surface area contributed by atoms with Crippen molar-refractivity contribution in [1.82, 2.24) is 0 Å². The number of benzene rings is 3. The van der Waals surface area contributed by atoms with Gasteiger partial charge in [0, 0.05) is 22.5 Å². The van der Waals surface area contributed by atoms with Gasteiger partial charge in [-0.25, -0.2) is 0 Å². The molecule has 1 nitrogen and oxygen atoms in total. The van der Waals surface area contributed by atoms with Gasteiger partial charge in [-0.1, -0.05) is 97.1 Å². The van der Waals surface area contributed by atoms with Crippen molar-refractivity contribution >= 4 is 11.4 Å². The van der Waals surface area contributed by atoms with Gasteiger partial charge in [-0.3, -0.25) is 0 Å². The molecule has 0 saturated heterocycles. The molecule has 0 aliphatic heterocycles. The molecule has 0 bridgehead atoms. The van der Waals surface area contributed by atoms with Crippen LogP contribution >= 0.6 is 0 Å². The number of rotatable bonds is 5. The predicted octanol–water partition coefficient (Wildman–Crippen LogP) is 9.17. The zero-order valence-electron chi connectivity index (χ0n) is 20.5. The Bertz CT molecular complexity index is 1190. The minimum Gasteiger partial charge on any atom is -0.311 e. The SMILES string of the molecule is CC1=CC=C(N(c2ccc(C)cc2)c2ccc(C3(c4ccccc4)CCCCC3)cc2)C=CC1. The first-order valence-corrected chi connectivity index (χ1v) is 12.7. The fourth-order valence-corrected chi connectivity index (χ4v) is 5.59. The van der Waals surface area contributed by atoms with E-state index in [1.54, 1.807) is 0 Å². The third kappa shape index (κ3) is 4.53. The molecule has 2 aliphatic carbocycles. The van der Waals surface area contributed by atoms with E-state index in [-0.39, 0.29) is 5.41 Å². The van der Waals surface area contributed by atoms with Crippen molar-refractivity contribution in [3.63, 3.8) is 0 Å². The molecular formula is C33H35N. The Hall–Kier alpha value is -3.32. The number of nitrogens with zero attached hydrogens (tertiary/aromatic N) is 1. The Morgan fingerprint density at radius 1 is 0.647 bits per heavy atom. The molecule has 3 aromatic rings. The highest BCUT2D eigenvalue weighted by atomic mass is 15.1. The number of aryl methyl sites for hydroxylation is 1. The summed E-state index contributed by atoms with van der Waals surface area (Å²) >= 11 is 0. The van der Waals surface area contributed by atoms with E-state index in [9.17, 15) is 0 Å². The number of hydrogen-bond acceptors (Lipinski definition) is 1. The summed E-state index contributed by atoms with van der Waals surface area (Å²) in [6.45, 7) is 4.34. The van der Waals surface area contributed by atoms with Gasteiger partial charge in [0.25, 0.3) is 0 Å². The van der Waals surface area contributed by atoms with Crippen molar-refractivity contribution < 1.29 is 0 Å². The highest BCUT2D eigenvalue weighted by molar-refractivity contribution is 5.71. The predicted molar refractivity (Wildman–Crippen MR) is 146 cm³/mol. The molecule has 0 N–H and O–H groups in total. The van der Waals surface area contributed by atoms with E-state index in [1.807, 2.05) is 0 Å². The molecule has 0 aromatic heterocycles. The van der Waals surface area contributed by atoms with Gasteiger partial charge < -0.3 is 4.90 Å². The van der Waals surface area contributed by atoms with Gasteiger partial charge in [0.1, 0.15) is 0 Å². The van der Waals surface area contributed by atoms with Gasteiger partial charge in [0.15, 0.2) is 0 Å². The zero-order valence-corrected chi connectivity index (χ0v) is 20.5. The summed E-state index contributed by atoms with van der Waals surface area (Å²) in [5.74, 6) is 0. The second-order valence-electron chi connectivity index (χ2n) is 9.94. The third-order valence-electron chi connectivity index (χ3n) is 7.53. The number of anilines is 2. The maximum absolute atomic E-state index is 2.39. The van der Waals surface area contributed by atoms with Crippen LogP contribution in [-0.4, -0.2) is 0 Å². The summed E-state index contributed by atoms with van der Waals surface area (Å²) in [5.41, 5.74) is 9.31. The molecule has 0 spiro atoms. The summed E-state index contributed by atoms with van der Waals surface area (Å²) in [6.07, 6.45) is 16.4. The average molecular weight is 446 g/mol. The third-order valence-corrected chi connectivity index (χ3v) is 7.53. The average Bonchev–Trinajstić information content (AvgIpc) is 3.11. The molecule has 2 aliphatic rings. The van der Waals surface area contributed by atoms with E-state index in [0.717, 1.165) is 6.42 Å². The summed E-state index contributed by atoms with van der Waals surface area (Å²) in [5, 5.41) is 0. The van der Waals surface area contributed by atoms with Gasteiger partial charge >= 0.3 is 0 Å². The lowest BCUT2D eigenvalue weighted by Crippen LogP contribution is -2.30. The molecule has 1 heteroatoms. The van der Waals surface area contributed by atoms with Crippen LogP contribution in [0.15, 0.2) is 114 Å². The van der Waals surface area contributed by atoms with Crippen LogP contribution in [0.2, 0.25) is 0 Å². The summed E-state index contributed by atoms with van der Waals surface area (Å²) in [4.78, 5) is 2.38. The van der Waals surface area contributed by atoms with E-state index in [0.29, 0.717) is 0 Å². The first-order chi connectivity index (χ1) is 16.7. The van der Waals surface area contributed by atoms with Crippen LogP contribution < -0.4 is 4.90 Å². The van der Waals surface area contributed by atoms with Crippen LogP contribution in [0.3, 0.4) is 0 Å². The highest BCUT2D eigenvalue weighted by Gasteiger charge is 2.35. The molecule has 34 heavy (non-hydrogen) atoms. The van der Waals surface area contributed by atoms with Gasteiger partial charge in [-0.05, 0) is 80.7 Å². The van der Waals surface area contributed by atoms with Gasteiger partial charge in [0.05, 0.1) is 0 Å². The zero-order chi connectivity index (χ0) is 23.4. The van der Waals surface area contributed by atoms with Crippen molar-refractivity contribution in [1.29, 1.82) is 0 Å². The van der Waals surface area contributed by atoms with E-state index >= 15 is 0 Å². The second-order valence-corrected chi connectivity index (χ2v) is 9.94. The Balaban J connectivity index is 1.56. The maximum Gasteiger partial charge on any atom is 0.0461 e. The molecule has 1 fully saturated rings. The second kappa shape index (κ2) is 9.89. The van der Waals surface area contributed by atoms with E-state index < -0.39 is 0 Å². The number of allylic oxidation sites excluding steroid dienone is 5. The Labute approximate surface area is 205 Å². The monoisotopic (exact) mass is 445 g/mol. The topological polar surface area (TPSA) is 3.24 Å². The summed E-state index contributed by atoms with van der Waals surface area (Å²) in [6, 6.07) is 29.4. The maximum atomic E-state index is 2.39. The fraction of sp³-hybridized carbons (Fsp3) is 0.273. The molecule has 0 unspecified atom stereocenters. The summed E-state index contributed by atoms with van der Waals surface area (Å²) in [7, 11) is 0. The lowest BCUT2D eigenvalue weighted by Gasteiger charge is -2.39. The Kier molecular flexibility index (Phi) is 6.54. The highest BCUT2D eigenvalue weighted by Crippen LogP contribution is 2.45. The Morgan fingerprint density at radius 2 is 1.26 bits per heavy atom. The fourth-order valence-electron chi connectivity index (χ4n) is 5.59. The minimum atomic E-state index is 0.133. The lowest BCUT2D eigenvalue weighted by atomic mass is 9.65. The van der Waals surface area contributed by atoms with Crippen molar-refractivity contribution in [2.24, 2.45) is 0 Å². The standard InChI is InChI=1S/C33H35N/c1-26-10-9-13-30(19-14-26)34(31-20-15-27(2)16-21-31)32-22-17-29(18-23-32)33(24-7-4-8-25-33)28-11-5-3-6-12-28/h3,5-6,9,11-23H,4,7-8,10,24-25H2,1-2H3. The molecule has 1 saturated carbocycles. The first kappa shape index (κ1) is 22.5. The van der Waals surface area contributed by atoms with Crippen LogP contribution in [-0.2, 0) is 5.41 Å². The lowest BCUT2D eigenvalue weighted by molar-refractivity contribution is 0.346. The molecule has 3 aromatic carbocycles. The minimum absolute atomic E-state index is 0.133. The van der Waals surface area contributed by atoms with Gasteiger partial charge in [-0.2, -0.15) is 0 Å². The van der Waals surface area contributed by atoms with Gasteiger partial charge in [0.2, 0.25) is 0 Å². The molecule has 0 radical (unpaired) electrons. The summed E-state index contributed by atoms with van der Waals surface area (Å²) < 4.78 is 0. The van der Waals surface area contributed by atoms with Crippen molar-refractivity contribution in [3.8, 4) is 0 Å². The molecule has 0 amide bonds. The molecule has 172 valence electrons. The molecule has 5 rings (SSSR count). The largest absolute Gasteiger partial charge is 0.311 e. The number of hydrogen-bond donors (Lipinski definition) is 0. The first-order valence-electron chi connectivity index (χ1n) is 12.7. The van der Waals surface area contributed by atoms with Crippen LogP contribution in [0.1, 0.15) is 62.1 Å². The Morgan fingerprint density at radius 3 is 1.94 bits per heavy atom. The van der Waals surface area contributed by atoms with Crippen LogP contribution in [0.4, 0.5) is 11.4 Å². The molecule has 0 atom stereocenters. The quantitative estimate of drug-likeness (QED) is 0.378. The van der Waals surface area contributed by atoms with Crippen molar-refractivity contribution in [3.05, 3.63) is 131 Å². The molecular weight excluding hydrogens is 410 g/mol. The van der Waals surface area contributed by atoms with E-state index in [4.69, 9.17) is 0 Å². The molecule has 0 heterocycles. The van der Waals surface area contributed by atoms with Crippen LogP contribution in [0.25, 0.3) is 0 Å². The van der Waals surface area contributed by atoms with Crippen molar-refractivity contribution in [2.75, 3.05) is 4.90 Å². The van der Waals surface area contributed by atoms with Crippen LogP contribution in [0.5, 0.6) is 0 Å². The van der Waals surface area contributed by atoms with Crippen LogP contribution in [0, 0.1) is 6.92 Å². The smallest absolute Gasteiger partial charge is 0.0461 e. The van der Waals surface area contributed by atoms with E-state index in [2.05, 4.69) is 122 Å². The normalized spacial score (nSPS) is 17.5. The van der Waals surface area contributed by atoms with E-state index in [1.165, 1.54) is 71.4 Å². The van der Waals surface area contributed by atoms with Gasteiger partial charge in [-0.15, -0.1) is 0 Å².